The van der Waals surface area contributed by atoms with Crippen LogP contribution in [0.4, 0.5) is 0 Å². The molecule has 0 saturated heterocycles. The smallest absolute Gasteiger partial charge is 0.113 e. The highest BCUT2D eigenvalue weighted by atomic mass is 32.2. The van der Waals surface area contributed by atoms with Gasteiger partial charge < -0.3 is 0 Å². The molecule has 1 atom stereocenters. The fourth-order valence-corrected chi connectivity index (χ4v) is 2.39. The van der Waals surface area contributed by atoms with Gasteiger partial charge in [-0.1, -0.05) is 0 Å². The van der Waals surface area contributed by atoms with E-state index in [1.165, 1.54) is 0 Å². The van der Waals surface area contributed by atoms with Crippen molar-refractivity contribution in [2.24, 2.45) is 0 Å². The summed E-state index contributed by atoms with van der Waals surface area (Å²) >= 11 is 0. The number of hydrogen-bond acceptors (Lipinski definition) is 2. The van der Waals surface area contributed by atoms with Crippen molar-refractivity contribution >= 4 is 9.92 Å². The van der Waals surface area contributed by atoms with E-state index in [0.717, 1.165) is 0 Å². The van der Waals surface area contributed by atoms with Gasteiger partial charge in [0, 0.05) is 12.6 Å². The molecule has 4 heteroatoms. The second kappa shape index (κ2) is 3.24. The fourth-order valence-electron chi connectivity index (χ4n) is 0.796. The highest BCUT2D eigenvalue weighted by Gasteiger charge is 2.34. The molecular weight excluding hydrogens is 184 g/mol. The fraction of sp³-hybridized carbons (Fsp3) is 1.00. The van der Waals surface area contributed by atoms with Crippen molar-refractivity contribution in [2.45, 2.75) is 51.8 Å². The first-order valence-electron chi connectivity index (χ1n) is 4.43. The largest absolute Gasteiger partial charge is 0.240 e. The molecule has 0 aromatic carbocycles. The Morgan fingerprint density at radius 1 is 1.08 bits per heavy atom. The first-order valence-corrected chi connectivity index (χ1v) is 5.94. The molecular formula is C9H22N2OS. The molecule has 0 amide bonds. The summed E-state index contributed by atoms with van der Waals surface area (Å²) in [5.41, 5.74) is -0.230. The monoisotopic (exact) mass is 206 g/mol. The second-order valence-corrected chi connectivity index (χ2v) is 8.13. The molecule has 0 heterocycles. The summed E-state index contributed by atoms with van der Waals surface area (Å²) in [6.45, 7) is 11.4. The van der Waals surface area contributed by atoms with E-state index in [-0.39, 0.29) is 5.54 Å². The van der Waals surface area contributed by atoms with E-state index in [1.807, 2.05) is 41.5 Å². The SMILES string of the molecule is CN(C(C)(C)C)S(=N)(=O)C(C)(C)C. The van der Waals surface area contributed by atoms with Crippen molar-refractivity contribution in [3.8, 4) is 0 Å². The van der Waals surface area contributed by atoms with E-state index >= 15 is 0 Å². The highest BCUT2D eigenvalue weighted by molar-refractivity contribution is 7.91. The minimum absolute atomic E-state index is 0.230. The molecule has 0 aliphatic rings. The summed E-state index contributed by atoms with van der Waals surface area (Å²) in [6.07, 6.45) is 0. The summed E-state index contributed by atoms with van der Waals surface area (Å²) in [5.74, 6) is 0. The Kier molecular flexibility index (Phi) is 3.22. The van der Waals surface area contributed by atoms with Gasteiger partial charge in [-0.25, -0.2) is 13.3 Å². The van der Waals surface area contributed by atoms with E-state index < -0.39 is 14.7 Å². The van der Waals surface area contributed by atoms with Crippen LogP contribution in [0, 0.1) is 4.78 Å². The van der Waals surface area contributed by atoms with E-state index in [9.17, 15) is 4.21 Å². The lowest BCUT2D eigenvalue weighted by Crippen LogP contribution is -2.48. The van der Waals surface area contributed by atoms with Crippen LogP contribution in [0.5, 0.6) is 0 Å². The molecule has 0 rings (SSSR count). The van der Waals surface area contributed by atoms with Gasteiger partial charge in [-0.2, -0.15) is 0 Å². The third kappa shape index (κ3) is 2.68. The number of rotatable bonds is 1. The number of hydrogen-bond donors (Lipinski definition) is 1. The molecule has 0 aromatic heterocycles. The van der Waals surface area contributed by atoms with Gasteiger partial charge in [0.15, 0.2) is 0 Å². The lowest BCUT2D eigenvalue weighted by molar-refractivity contribution is 0.296. The average molecular weight is 206 g/mol. The van der Waals surface area contributed by atoms with Gasteiger partial charge in [-0.05, 0) is 41.5 Å². The van der Waals surface area contributed by atoms with E-state index in [2.05, 4.69) is 0 Å². The third-order valence-electron chi connectivity index (χ3n) is 2.16. The zero-order valence-corrected chi connectivity index (χ0v) is 10.6. The lowest BCUT2D eigenvalue weighted by Gasteiger charge is -2.38. The molecule has 0 bridgehead atoms. The van der Waals surface area contributed by atoms with E-state index in [4.69, 9.17) is 4.78 Å². The van der Waals surface area contributed by atoms with Gasteiger partial charge in [0.1, 0.15) is 9.92 Å². The van der Waals surface area contributed by atoms with Gasteiger partial charge in [-0.15, -0.1) is 0 Å². The molecule has 1 N–H and O–H groups in total. The lowest BCUT2D eigenvalue weighted by atomic mass is 10.1. The maximum absolute atomic E-state index is 12.1. The maximum atomic E-state index is 12.1. The second-order valence-electron chi connectivity index (χ2n) is 5.31. The Labute approximate surface area is 82.6 Å². The number of nitrogens with one attached hydrogen (secondary N) is 1. The van der Waals surface area contributed by atoms with Crippen LogP contribution in [-0.2, 0) is 9.92 Å². The zero-order chi connectivity index (χ0) is 11.1. The first-order chi connectivity index (χ1) is 5.40. The Hall–Kier alpha value is -0.0900. The predicted octanol–water partition coefficient (Wildman–Crippen LogP) is 2.48. The molecule has 0 aliphatic carbocycles. The normalized spacial score (nSPS) is 18.8. The Morgan fingerprint density at radius 2 is 1.38 bits per heavy atom. The molecule has 80 valence electrons. The quantitative estimate of drug-likeness (QED) is 0.704. The molecule has 0 radical (unpaired) electrons. The molecule has 0 spiro atoms. The van der Waals surface area contributed by atoms with Crippen molar-refractivity contribution < 1.29 is 4.21 Å². The van der Waals surface area contributed by atoms with E-state index in [1.54, 1.807) is 11.4 Å². The van der Waals surface area contributed by atoms with Crippen molar-refractivity contribution in [2.75, 3.05) is 7.05 Å². The summed E-state index contributed by atoms with van der Waals surface area (Å²) in [5, 5.41) is 0. The first kappa shape index (κ1) is 12.9. The van der Waals surface area contributed by atoms with Gasteiger partial charge in [-0.3, -0.25) is 0 Å². The number of nitrogens with zero attached hydrogens (tertiary/aromatic N) is 1. The molecule has 0 aliphatic heterocycles. The standard InChI is InChI=1S/C9H22N2OS/c1-8(2,3)11(7)13(10,12)9(4,5)6/h10H,1-7H3. The van der Waals surface area contributed by atoms with Crippen LogP contribution in [0.15, 0.2) is 0 Å². The third-order valence-corrected chi connectivity index (χ3v) is 5.14. The highest BCUT2D eigenvalue weighted by Crippen LogP contribution is 2.25. The van der Waals surface area contributed by atoms with Crippen molar-refractivity contribution in [1.29, 1.82) is 4.78 Å². The van der Waals surface area contributed by atoms with Crippen LogP contribution in [0.2, 0.25) is 0 Å². The Bertz CT molecular complexity index is 267. The van der Waals surface area contributed by atoms with Gasteiger partial charge >= 0.3 is 0 Å². The van der Waals surface area contributed by atoms with Gasteiger partial charge in [0.05, 0.1) is 4.75 Å². The summed E-state index contributed by atoms with van der Waals surface area (Å²) in [7, 11) is -0.950. The van der Waals surface area contributed by atoms with Crippen LogP contribution in [0.3, 0.4) is 0 Å². The van der Waals surface area contributed by atoms with Gasteiger partial charge in [0.25, 0.3) is 0 Å². The maximum Gasteiger partial charge on any atom is 0.113 e. The topological polar surface area (TPSA) is 44.2 Å². The predicted molar refractivity (Wildman–Crippen MR) is 58.1 cm³/mol. The van der Waals surface area contributed by atoms with Crippen molar-refractivity contribution in [3.05, 3.63) is 0 Å². The Balaban J connectivity index is 5.12. The molecule has 13 heavy (non-hydrogen) atoms. The van der Waals surface area contributed by atoms with Crippen LogP contribution < -0.4 is 0 Å². The van der Waals surface area contributed by atoms with Crippen LogP contribution in [-0.4, -0.2) is 25.8 Å². The van der Waals surface area contributed by atoms with Gasteiger partial charge in [0.2, 0.25) is 0 Å². The minimum Gasteiger partial charge on any atom is -0.240 e. The Morgan fingerprint density at radius 3 is 1.46 bits per heavy atom. The van der Waals surface area contributed by atoms with Crippen LogP contribution in [0.25, 0.3) is 0 Å². The van der Waals surface area contributed by atoms with Crippen LogP contribution in [0.1, 0.15) is 41.5 Å². The van der Waals surface area contributed by atoms with E-state index in [0.29, 0.717) is 0 Å². The van der Waals surface area contributed by atoms with Crippen molar-refractivity contribution in [1.82, 2.24) is 4.31 Å². The summed E-state index contributed by atoms with van der Waals surface area (Å²) in [6, 6.07) is 0. The molecule has 1 unspecified atom stereocenters. The molecule has 0 fully saturated rings. The molecule has 0 aromatic rings. The average Bonchev–Trinajstić information content (AvgIpc) is 1.81. The minimum atomic E-state index is -2.70. The molecule has 3 nitrogen and oxygen atoms in total. The summed E-state index contributed by atoms with van der Waals surface area (Å²) in [4.78, 5) is 0. The molecule has 0 saturated carbocycles. The zero-order valence-electron chi connectivity index (χ0n) is 9.76. The summed E-state index contributed by atoms with van der Waals surface area (Å²) < 4.78 is 21.2. The van der Waals surface area contributed by atoms with Crippen molar-refractivity contribution in [3.63, 3.8) is 0 Å². The van der Waals surface area contributed by atoms with Crippen LogP contribution >= 0.6 is 0 Å².